The maximum atomic E-state index is 5.95. The van der Waals surface area contributed by atoms with Crippen LogP contribution >= 0.6 is 11.3 Å². The number of para-hydroxylation sites is 2. The smallest absolute Gasteiger partial charge is 0.191 e. The molecule has 0 amide bonds. The molecular formula is C19H26N4O2S. The Morgan fingerprint density at radius 3 is 2.85 bits per heavy atom. The minimum atomic E-state index is -0.0443. The van der Waals surface area contributed by atoms with E-state index < -0.39 is 0 Å². The molecule has 0 saturated carbocycles. The van der Waals surface area contributed by atoms with Gasteiger partial charge >= 0.3 is 0 Å². The first-order valence-corrected chi connectivity index (χ1v) is 9.79. The van der Waals surface area contributed by atoms with Crippen molar-refractivity contribution in [2.75, 3.05) is 26.7 Å². The van der Waals surface area contributed by atoms with E-state index in [0.717, 1.165) is 36.8 Å². The molecule has 1 aromatic carbocycles. The number of hydrogen-bond donors (Lipinski definition) is 2. The summed E-state index contributed by atoms with van der Waals surface area (Å²) >= 11 is 1.78. The maximum absolute atomic E-state index is 5.95. The van der Waals surface area contributed by atoms with Gasteiger partial charge in [-0.05, 0) is 25.5 Å². The number of aliphatic imine (C=N–C) groups is 1. The third-order valence-corrected chi connectivity index (χ3v) is 5.26. The highest BCUT2D eigenvalue weighted by atomic mass is 32.1. The highest BCUT2D eigenvalue weighted by molar-refractivity contribution is 7.11. The van der Waals surface area contributed by atoms with Crippen LogP contribution in [-0.4, -0.2) is 43.8 Å². The summed E-state index contributed by atoms with van der Waals surface area (Å²) in [7, 11) is 1.77. The Morgan fingerprint density at radius 2 is 2.12 bits per heavy atom. The third-order valence-electron chi connectivity index (χ3n) is 4.19. The van der Waals surface area contributed by atoms with Crippen molar-refractivity contribution < 1.29 is 9.47 Å². The Labute approximate surface area is 158 Å². The van der Waals surface area contributed by atoms with Crippen LogP contribution in [-0.2, 0) is 12.8 Å². The number of hydrogen-bond acceptors (Lipinski definition) is 5. The standard InChI is InChI=1S/C19H26N4O2S/c1-4-15-13(2)26-18(23-15)9-10-21-19(20-3)22-11-14-12-24-16-7-5-6-8-17(16)25-14/h5-8,14H,4,9-12H2,1-3H3,(H2,20,21,22). The summed E-state index contributed by atoms with van der Waals surface area (Å²) in [5.41, 5.74) is 1.21. The van der Waals surface area contributed by atoms with Crippen LogP contribution in [0.1, 0.15) is 22.5 Å². The molecule has 26 heavy (non-hydrogen) atoms. The summed E-state index contributed by atoms with van der Waals surface area (Å²) in [5, 5.41) is 7.80. The lowest BCUT2D eigenvalue weighted by Gasteiger charge is -2.27. The zero-order chi connectivity index (χ0) is 18.4. The van der Waals surface area contributed by atoms with Crippen molar-refractivity contribution >= 4 is 17.3 Å². The predicted molar refractivity (Wildman–Crippen MR) is 106 cm³/mol. The van der Waals surface area contributed by atoms with Gasteiger partial charge in [-0.15, -0.1) is 11.3 Å². The van der Waals surface area contributed by atoms with Gasteiger partial charge in [-0.25, -0.2) is 4.98 Å². The number of nitrogens with zero attached hydrogens (tertiary/aromatic N) is 2. The molecule has 0 spiro atoms. The van der Waals surface area contributed by atoms with Crippen LogP contribution in [0.15, 0.2) is 29.3 Å². The van der Waals surface area contributed by atoms with E-state index in [0.29, 0.717) is 13.2 Å². The first kappa shape index (κ1) is 18.5. The van der Waals surface area contributed by atoms with Gasteiger partial charge in [0.05, 0.1) is 17.2 Å². The van der Waals surface area contributed by atoms with Gasteiger partial charge in [0.2, 0.25) is 0 Å². The number of ether oxygens (including phenoxy) is 2. The number of thiazole rings is 1. The van der Waals surface area contributed by atoms with E-state index in [4.69, 9.17) is 9.47 Å². The molecule has 7 heteroatoms. The van der Waals surface area contributed by atoms with E-state index in [1.807, 2.05) is 24.3 Å². The average Bonchev–Trinajstić information content (AvgIpc) is 3.04. The molecule has 2 aromatic rings. The summed E-state index contributed by atoms with van der Waals surface area (Å²) in [5.74, 6) is 2.35. The van der Waals surface area contributed by atoms with Crippen LogP contribution in [0.25, 0.3) is 0 Å². The SMILES string of the molecule is CCc1nc(CCNC(=NC)NCC2COc3ccccc3O2)sc1C. The second-order valence-electron chi connectivity index (χ2n) is 6.09. The lowest BCUT2D eigenvalue weighted by Crippen LogP contribution is -2.45. The molecule has 2 heterocycles. The van der Waals surface area contributed by atoms with Crippen molar-refractivity contribution in [3.8, 4) is 11.5 Å². The first-order valence-electron chi connectivity index (χ1n) is 8.97. The highest BCUT2D eigenvalue weighted by Crippen LogP contribution is 2.30. The number of rotatable bonds is 6. The van der Waals surface area contributed by atoms with E-state index in [1.54, 1.807) is 18.4 Å². The second-order valence-corrected chi connectivity index (χ2v) is 7.38. The molecule has 140 valence electrons. The zero-order valence-corrected chi connectivity index (χ0v) is 16.4. The number of nitrogens with one attached hydrogen (secondary N) is 2. The Morgan fingerprint density at radius 1 is 1.31 bits per heavy atom. The van der Waals surface area contributed by atoms with Gasteiger partial charge in [-0.2, -0.15) is 0 Å². The van der Waals surface area contributed by atoms with Crippen molar-refractivity contribution in [3.05, 3.63) is 39.8 Å². The fourth-order valence-electron chi connectivity index (χ4n) is 2.81. The monoisotopic (exact) mass is 374 g/mol. The van der Waals surface area contributed by atoms with Crippen molar-refractivity contribution in [2.24, 2.45) is 4.99 Å². The van der Waals surface area contributed by atoms with E-state index in [2.05, 4.69) is 34.5 Å². The minimum absolute atomic E-state index is 0.0443. The molecular weight excluding hydrogens is 348 g/mol. The lowest BCUT2D eigenvalue weighted by molar-refractivity contribution is 0.0936. The van der Waals surface area contributed by atoms with Crippen molar-refractivity contribution in [3.63, 3.8) is 0 Å². The molecule has 0 fully saturated rings. The highest BCUT2D eigenvalue weighted by Gasteiger charge is 2.20. The first-order chi connectivity index (χ1) is 12.7. The third kappa shape index (κ3) is 4.66. The van der Waals surface area contributed by atoms with E-state index in [-0.39, 0.29) is 6.10 Å². The van der Waals surface area contributed by atoms with Crippen LogP contribution in [0.3, 0.4) is 0 Å². The van der Waals surface area contributed by atoms with Crippen LogP contribution in [0, 0.1) is 6.92 Å². The quantitative estimate of drug-likeness (QED) is 0.601. The molecule has 1 aromatic heterocycles. The van der Waals surface area contributed by atoms with Gasteiger partial charge in [-0.3, -0.25) is 4.99 Å². The molecule has 0 radical (unpaired) electrons. The molecule has 1 aliphatic rings. The van der Waals surface area contributed by atoms with Crippen molar-refractivity contribution in [1.29, 1.82) is 0 Å². The van der Waals surface area contributed by atoms with Gasteiger partial charge in [0.15, 0.2) is 17.5 Å². The molecule has 1 atom stereocenters. The maximum Gasteiger partial charge on any atom is 0.191 e. The summed E-state index contributed by atoms with van der Waals surface area (Å²) in [6.07, 6.45) is 1.84. The number of aromatic nitrogens is 1. The average molecular weight is 375 g/mol. The summed E-state index contributed by atoms with van der Waals surface area (Å²) < 4.78 is 11.7. The Balaban J connectivity index is 1.42. The summed E-state index contributed by atoms with van der Waals surface area (Å²) in [6, 6.07) is 7.74. The zero-order valence-electron chi connectivity index (χ0n) is 15.5. The van der Waals surface area contributed by atoms with E-state index in [9.17, 15) is 0 Å². The fourth-order valence-corrected chi connectivity index (χ4v) is 3.83. The Kier molecular flexibility index (Phi) is 6.33. The van der Waals surface area contributed by atoms with Gasteiger partial charge in [-0.1, -0.05) is 19.1 Å². The second kappa shape index (κ2) is 8.89. The van der Waals surface area contributed by atoms with Crippen LogP contribution in [0.2, 0.25) is 0 Å². The van der Waals surface area contributed by atoms with Crippen LogP contribution in [0.4, 0.5) is 0 Å². The minimum Gasteiger partial charge on any atom is -0.486 e. The molecule has 2 N–H and O–H groups in total. The number of benzene rings is 1. The van der Waals surface area contributed by atoms with E-state index in [1.165, 1.54) is 15.6 Å². The molecule has 6 nitrogen and oxygen atoms in total. The van der Waals surface area contributed by atoms with Gasteiger partial charge in [0.1, 0.15) is 12.7 Å². The summed E-state index contributed by atoms with van der Waals surface area (Å²) in [6.45, 7) is 6.23. The molecule has 1 aliphatic heterocycles. The summed E-state index contributed by atoms with van der Waals surface area (Å²) in [4.78, 5) is 10.3. The van der Waals surface area contributed by atoms with Gasteiger partial charge in [0, 0.05) is 24.9 Å². The molecule has 0 saturated heterocycles. The van der Waals surface area contributed by atoms with Gasteiger partial charge < -0.3 is 20.1 Å². The van der Waals surface area contributed by atoms with Gasteiger partial charge in [0.25, 0.3) is 0 Å². The topological polar surface area (TPSA) is 67.8 Å². The largest absolute Gasteiger partial charge is 0.486 e. The number of aryl methyl sites for hydroxylation is 2. The van der Waals surface area contributed by atoms with Crippen LogP contribution in [0.5, 0.6) is 11.5 Å². The lowest BCUT2D eigenvalue weighted by atomic mass is 10.2. The van der Waals surface area contributed by atoms with Crippen molar-refractivity contribution in [1.82, 2.24) is 15.6 Å². The predicted octanol–water partition coefficient (Wildman–Crippen LogP) is 2.56. The number of fused-ring (bicyclic) bond motifs is 1. The van der Waals surface area contributed by atoms with Crippen molar-refractivity contribution in [2.45, 2.75) is 32.8 Å². The fraction of sp³-hybridized carbons (Fsp3) is 0.474. The molecule has 0 aliphatic carbocycles. The normalized spacial score (nSPS) is 16.4. The molecule has 3 rings (SSSR count). The Hall–Kier alpha value is -2.28. The Bertz CT molecular complexity index is 760. The molecule has 1 unspecified atom stereocenters. The van der Waals surface area contributed by atoms with E-state index >= 15 is 0 Å². The van der Waals surface area contributed by atoms with Crippen LogP contribution < -0.4 is 20.1 Å². The molecule has 0 bridgehead atoms. The number of guanidine groups is 1.